The van der Waals surface area contributed by atoms with E-state index < -0.39 is 0 Å². The fourth-order valence-electron chi connectivity index (χ4n) is 1.74. The number of benzene rings is 1. The van der Waals surface area contributed by atoms with Crippen molar-refractivity contribution in [1.82, 2.24) is 5.32 Å². The van der Waals surface area contributed by atoms with Crippen molar-refractivity contribution in [1.29, 1.82) is 0 Å². The molecule has 0 aliphatic rings. The quantitative estimate of drug-likeness (QED) is 0.796. The van der Waals surface area contributed by atoms with Crippen LogP contribution in [0.1, 0.15) is 38.7 Å². The Labute approximate surface area is 99.0 Å². The van der Waals surface area contributed by atoms with Gasteiger partial charge in [-0.05, 0) is 31.0 Å². The van der Waals surface area contributed by atoms with Crippen LogP contribution in [0.25, 0.3) is 0 Å². The lowest BCUT2D eigenvalue weighted by molar-refractivity contribution is 0.194. The SMILES string of the molecule is CCC(CNC)Oc1ccccc1C(C)C. The van der Waals surface area contributed by atoms with E-state index in [0.29, 0.717) is 5.92 Å². The molecule has 1 N–H and O–H groups in total. The molecule has 0 heterocycles. The largest absolute Gasteiger partial charge is 0.489 e. The first-order valence-electron chi connectivity index (χ1n) is 6.09. The van der Waals surface area contributed by atoms with Gasteiger partial charge in [-0.2, -0.15) is 0 Å². The summed E-state index contributed by atoms with van der Waals surface area (Å²) in [7, 11) is 1.96. The Kier molecular flexibility index (Phi) is 5.33. The molecule has 0 aromatic heterocycles. The molecule has 1 atom stereocenters. The monoisotopic (exact) mass is 221 g/mol. The Hall–Kier alpha value is -1.02. The zero-order valence-corrected chi connectivity index (χ0v) is 10.8. The molecular weight excluding hydrogens is 198 g/mol. The summed E-state index contributed by atoms with van der Waals surface area (Å²) in [6, 6.07) is 8.31. The molecule has 1 aromatic carbocycles. The second kappa shape index (κ2) is 6.54. The van der Waals surface area contributed by atoms with Crippen molar-refractivity contribution < 1.29 is 4.74 Å². The Bertz CT molecular complexity index is 309. The highest BCUT2D eigenvalue weighted by molar-refractivity contribution is 5.35. The standard InChI is InChI=1S/C14H23NO/c1-5-12(10-15-4)16-14-9-7-6-8-13(14)11(2)3/h6-9,11-12,15H,5,10H2,1-4H3. The number of likely N-dealkylation sites (N-methyl/N-ethyl adjacent to an activating group) is 1. The maximum Gasteiger partial charge on any atom is 0.123 e. The molecule has 2 nitrogen and oxygen atoms in total. The smallest absolute Gasteiger partial charge is 0.123 e. The average Bonchev–Trinajstić information content (AvgIpc) is 2.29. The molecule has 0 aliphatic heterocycles. The molecule has 0 saturated carbocycles. The number of hydrogen-bond acceptors (Lipinski definition) is 2. The summed E-state index contributed by atoms with van der Waals surface area (Å²) in [4.78, 5) is 0. The zero-order valence-electron chi connectivity index (χ0n) is 10.8. The number of ether oxygens (including phenoxy) is 1. The van der Waals surface area contributed by atoms with Crippen molar-refractivity contribution in [2.75, 3.05) is 13.6 Å². The highest BCUT2D eigenvalue weighted by Crippen LogP contribution is 2.26. The van der Waals surface area contributed by atoms with Gasteiger partial charge in [0.15, 0.2) is 0 Å². The van der Waals surface area contributed by atoms with Crippen LogP contribution in [0.2, 0.25) is 0 Å². The molecule has 0 fully saturated rings. The van der Waals surface area contributed by atoms with Crippen LogP contribution < -0.4 is 10.1 Å². The Balaban J connectivity index is 2.78. The summed E-state index contributed by atoms with van der Waals surface area (Å²) >= 11 is 0. The van der Waals surface area contributed by atoms with Crippen LogP contribution in [0.15, 0.2) is 24.3 Å². The second-order valence-electron chi connectivity index (χ2n) is 4.40. The molecule has 1 unspecified atom stereocenters. The molecule has 0 radical (unpaired) electrons. The maximum absolute atomic E-state index is 6.03. The Morgan fingerprint density at radius 1 is 1.25 bits per heavy atom. The Morgan fingerprint density at radius 2 is 1.94 bits per heavy atom. The van der Waals surface area contributed by atoms with E-state index in [1.807, 2.05) is 13.1 Å². The van der Waals surface area contributed by atoms with E-state index in [1.165, 1.54) is 5.56 Å². The van der Waals surface area contributed by atoms with Crippen LogP contribution in [0.5, 0.6) is 5.75 Å². The minimum absolute atomic E-state index is 0.255. The zero-order chi connectivity index (χ0) is 12.0. The lowest BCUT2D eigenvalue weighted by Crippen LogP contribution is -2.28. The van der Waals surface area contributed by atoms with Crippen molar-refractivity contribution in [2.45, 2.75) is 39.2 Å². The highest BCUT2D eigenvalue weighted by Gasteiger charge is 2.11. The number of para-hydroxylation sites is 1. The second-order valence-corrected chi connectivity index (χ2v) is 4.40. The van der Waals surface area contributed by atoms with Gasteiger partial charge < -0.3 is 10.1 Å². The summed E-state index contributed by atoms with van der Waals surface area (Å²) in [5.41, 5.74) is 1.29. The van der Waals surface area contributed by atoms with Crippen LogP contribution in [-0.4, -0.2) is 19.7 Å². The van der Waals surface area contributed by atoms with E-state index in [1.54, 1.807) is 0 Å². The van der Waals surface area contributed by atoms with E-state index in [2.05, 4.69) is 44.3 Å². The van der Waals surface area contributed by atoms with Crippen molar-refractivity contribution in [3.63, 3.8) is 0 Å². The van der Waals surface area contributed by atoms with Crippen molar-refractivity contribution in [2.24, 2.45) is 0 Å². The molecule has 2 heteroatoms. The predicted octanol–water partition coefficient (Wildman–Crippen LogP) is 3.19. The van der Waals surface area contributed by atoms with Gasteiger partial charge in [0, 0.05) is 6.54 Å². The first-order valence-corrected chi connectivity index (χ1v) is 6.09. The summed E-state index contributed by atoms with van der Waals surface area (Å²) in [6.45, 7) is 7.44. The van der Waals surface area contributed by atoms with Crippen LogP contribution in [0.4, 0.5) is 0 Å². The van der Waals surface area contributed by atoms with Gasteiger partial charge in [-0.25, -0.2) is 0 Å². The fourth-order valence-corrected chi connectivity index (χ4v) is 1.74. The van der Waals surface area contributed by atoms with E-state index in [9.17, 15) is 0 Å². The third-order valence-corrected chi connectivity index (χ3v) is 2.72. The first-order chi connectivity index (χ1) is 7.69. The topological polar surface area (TPSA) is 21.3 Å². The minimum Gasteiger partial charge on any atom is -0.489 e. The van der Waals surface area contributed by atoms with Crippen LogP contribution in [-0.2, 0) is 0 Å². The van der Waals surface area contributed by atoms with Crippen molar-refractivity contribution >= 4 is 0 Å². The molecule has 16 heavy (non-hydrogen) atoms. The van der Waals surface area contributed by atoms with Gasteiger partial charge in [0.25, 0.3) is 0 Å². The molecule has 0 bridgehead atoms. The van der Waals surface area contributed by atoms with Gasteiger partial charge in [-0.1, -0.05) is 39.0 Å². The van der Waals surface area contributed by atoms with Gasteiger partial charge in [-0.15, -0.1) is 0 Å². The first kappa shape index (κ1) is 13.0. The van der Waals surface area contributed by atoms with Gasteiger partial charge in [0.1, 0.15) is 11.9 Å². The van der Waals surface area contributed by atoms with E-state index >= 15 is 0 Å². The number of rotatable bonds is 6. The molecule has 1 rings (SSSR count). The van der Waals surface area contributed by atoms with Crippen LogP contribution in [0.3, 0.4) is 0 Å². The van der Waals surface area contributed by atoms with Crippen LogP contribution in [0, 0.1) is 0 Å². The van der Waals surface area contributed by atoms with Gasteiger partial charge in [0.05, 0.1) is 0 Å². The Morgan fingerprint density at radius 3 is 2.50 bits per heavy atom. The van der Waals surface area contributed by atoms with Gasteiger partial charge in [-0.3, -0.25) is 0 Å². The van der Waals surface area contributed by atoms with Crippen LogP contribution >= 0.6 is 0 Å². The van der Waals surface area contributed by atoms with Gasteiger partial charge >= 0.3 is 0 Å². The summed E-state index contributed by atoms with van der Waals surface area (Å²) < 4.78 is 6.03. The third-order valence-electron chi connectivity index (χ3n) is 2.72. The third kappa shape index (κ3) is 3.53. The maximum atomic E-state index is 6.03. The predicted molar refractivity (Wildman–Crippen MR) is 69.2 cm³/mol. The van der Waals surface area contributed by atoms with Crippen molar-refractivity contribution in [3.8, 4) is 5.75 Å². The minimum atomic E-state index is 0.255. The van der Waals surface area contributed by atoms with Crippen molar-refractivity contribution in [3.05, 3.63) is 29.8 Å². The summed E-state index contributed by atoms with van der Waals surface area (Å²) in [6.07, 6.45) is 1.28. The molecule has 0 aliphatic carbocycles. The molecule has 0 amide bonds. The summed E-state index contributed by atoms with van der Waals surface area (Å²) in [5.74, 6) is 1.53. The average molecular weight is 221 g/mol. The normalized spacial score (nSPS) is 12.8. The fraction of sp³-hybridized carbons (Fsp3) is 0.571. The molecule has 90 valence electrons. The lowest BCUT2D eigenvalue weighted by Gasteiger charge is -2.20. The number of nitrogens with one attached hydrogen (secondary N) is 1. The molecular formula is C14H23NO. The van der Waals surface area contributed by atoms with E-state index in [4.69, 9.17) is 4.74 Å². The summed E-state index contributed by atoms with van der Waals surface area (Å²) in [5, 5.41) is 3.16. The highest BCUT2D eigenvalue weighted by atomic mass is 16.5. The van der Waals surface area contributed by atoms with Gasteiger partial charge in [0.2, 0.25) is 0 Å². The lowest BCUT2D eigenvalue weighted by atomic mass is 10.0. The molecule has 0 saturated heterocycles. The van der Waals surface area contributed by atoms with E-state index in [-0.39, 0.29) is 6.10 Å². The number of hydrogen-bond donors (Lipinski definition) is 1. The molecule has 1 aromatic rings. The van der Waals surface area contributed by atoms with E-state index in [0.717, 1.165) is 18.7 Å². The molecule has 0 spiro atoms.